The van der Waals surface area contributed by atoms with Crippen LogP contribution in [-0.2, 0) is 6.42 Å². The Morgan fingerprint density at radius 3 is 2.65 bits per heavy atom. The molecule has 0 aliphatic carbocycles. The number of likely N-dealkylation sites (N-methyl/N-ethyl adjacent to an activating group) is 1. The minimum atomic E-state index is -0.450. The average molecular weight is 256 g/mol. The SMILES string of the molecule is CNC(CCN)C(O)c1ccc(CC(C)C)s1. The molecule has 0 aliphatic rings. The molecule has 0 radical (unpaired) electrons. The third-order valence-corrected chi connectivity index (χ3v) is 3.99. The Labute approximate surface area is 108 Å². The average Bonchev–Trinajstić information content (AvgIpc) is 2.72. The maximum Gasteiger partial charge on any atom is 0.103 e. The molecule has 98 valence electrons. The smallest absolute Gasteiger partial charge is 0.103 e. The first-order valence-corrected chi connectivity index (χ1v) is 7.04. The van der Waals surface area contributed by atoms with Crippen molar-refractivity contribution < 1.29 is 5.11 Å². The molecule has 1 rings (SSSR count). The molecule has 1 aromatic heterocycles. The van der Waals surface area contributed by atoms with Crippen LogP contribution in [0.3, 0.4) is 0 Å². The highest BCUT2D eigenvalue weighted by Crippen LogP contribution is 2.27. The van der Waals surface area contributed by atoms with Gasteiger partial charge in [-0.2, -0.15) is 0 Å². The topological polar surface area (TPSA) is 58.3 Å². The lowest BCUT2D eigenvalue weighted by molar-refractivity contribution is 0.132. The fourth-order valence-electron chi connectivity index (χ4n) is 1.90. The second-order valence-corrected chi connectivity index (χ2v) is 6.02. The molecule has 2 unspecified atom stereocenters. The molecule has 1 heterocycles. The number of nitrogens with two attached hydrogens (primary N) is 1. The summed E-state index contributed by atoms with van der Waals surface area (Å²) >= 11 is 1.71. The Bertz CT molecular complexity index is 325. The van der Waals surface area contributed by atoms with Gasteiger partial charge in [-0.25, -0.2) is 0 Å². The van der Waals surface area contributed by atoms with Crippen LogP contribution in [0.1, 0.15) is 36.1 Å². The number of aliphatic hydroxyl groups is 1. The lowest BCUT2D eigenvalue weighted by atomic mass is 10.1. The molecule has 0 spiro atoms. The van der Waals surface area contributed by atoms with Gasteiger partial charge in [0.05, 0.1) is 0 Å². The second-order valence-electron chi connectivity index (χ2n) is 4.82. The lowest BCUT2D eigenvalue weighted by Crippen LogP contribution is -2.33. The molecule has 4 heteroatoms. The summed E-state index contributed by atoms with van der Waals surface area (Å²) in [5.41, 5.74) is 5.54. The van der Waals surface area contributed by atoms with E-state index in [1.165, 1.54) is 4.88 Å². The van der Waals surface area contributed by atoms with Crippen LogP contribution >= 0.6 is 11.3 Å². The van der Waals surface area contributed by atoms with Crippen molar-refractivity contribution >= 4 is 11.3 Å². The summed E-state index contributed by atoms with van der Waals surface area (Å²) in [6, 6.07) is 4.21. The number of nitrogens with one attached hydrogen (secondary N) is 1. The van der Waals surface area contributed by atoms with Crippen LogP contribution in [0.4, 0.5) is 0 Å². The van der Waals surface area contributed by atoms with Gasteiger partial charge in [0.1, 0.15) is 6.10 Å². The van der Waals surface area contributed by atoms with Crippen molar-refractivity contribution in [1.82, 2.24) is 5.32 Å². The highest BCUT2D eigenvalue weighted by atomic mass is 32.1. The van der Waals surface area contributed by atoms with Gasteiger partial charge in [-0.05, 0) is 44.5 Å². The van der Waals surface area contributed by atoms with E-state index in [0.717, 1.165) is 17.7 Å². The van der Waals surface area contributed by atoms with Crippen LogP contribution in [-0.4, -0.2) is 24.7 Å². The molecule has 0 saturated heterocycles. The van der Waals surface area contributed by atoms with Crippen molar-refractivity contribution in [2.45, 2.75) is 38.8 Å². The minimum absolute atomic E-state index is 0.0468. The predicted octanol–water partition coefficient (Wildman–Crippen LogP) is 1.92. The molecule has 3 nitrogen and oxygen atoms in total. The molecular formula is C13H24N2OS. The molecular weight excluding hydrogens is 232 g/mol. The first kappa shape index (κ1) is 14.6. The van der Waals surface area contributed by atoms with Gasteiger partial charge in [0, 0.05) is 15.8 Å². The summed E-state index contributed by atoms with van der Waals surface area (Å²) in [6.07, 6.45) is 1.42. The quantitative estimate of drug-likeness (QED) is 0.698. The van der Waals surface area contributed by atoms with Crippen molar-refractivity contribution in [3.05, 3.63) is 21.9 Å². The zero-order valence-electron chi connectivity index (χ0n) is 10.9. The molecule has 2 atom stereocenters. The van der Waals surface area contributed by atoms with Crippen LogP contribution in [0.15, 0.2) is 12.1 Å². The maximum absolute atomic E-state index is 10.3. The number of hydrogen-bond acceptors (Lipinski definition) is 4. The van der Waals surface area contributed by atoms with Crippen LogP contribution in [0, 0.1) is 5.92 Å². The lowest BCUT2D eigenvalue weighted by Gasteiger charge is -2.20. The van der Waals surface area contributed by atoms with Crippen molar-refractivity contribution in [3.8, 4) is 0 Å². The van der Waals surface area contributed by atoms with E-state index in [-0.39, 0.29) is 6.04 Å². The zero-order valence-corrected chi connectivity index (χ0v) is 11.8. The van der Waals surface area contributed by atoms with E-state index in [9.17, 15) is 5.11 Å². The van der Waals surface area contributed by atoms with E-state index in [1.54, 1.807) is 11.3 Å². The maximum atomic E-state index is 10.3. The van der Waals surface area contributed by atoms with Gasteiger partial charge in [-0.15, -0.1) is 11.3 Å². The van der Waals surface area contributed by atoms with Gasteiger partial charge in [-0.3, -0.25) is 0 Å². The summed E-state index contributed by atoms with van der Waals surface area (Å²) < 4.78 is 0. The molecule has 0 bridgehead atoms. The second kappa shape index (κ2) is 7.11. The van der Waals surface area contributed by atoms with Crippen LogP contribution in [0.25, 0.3) is 0 Å². The molecule has 0 amide bonds. The molecule has 4 N–H and O–H groups in total. The van der Waals surface area contributed by atoms with E-state index < -0.39 is 6.10 Å². The summed E-state index contributed by atoms with van der Waals surface area (Å²) in [7, 11) is 1.87. The largest absolute Gasteiger partial charge is 0.386 e. The highest BCUT2D eigenvalue weighted by molar-refractivity contribution is 7.12. The Kier molecular flexibility index (Phi) is 6.12. The fraction of sp³-hybridized carbons (Fsp3) is 0.692. The van der Waals surface area contributed by atoms with Crippen LogP contribution in [0.5, 0.6) is 0 Å². The van der Waals surface area contributed by atoms with Crippen molar-refractivity contribution in [2.24, 2.45) is 11.7 Å². The molecule has 0 aliphatic heterocycles. The fourth-order valence-corrected chi connectivity index (χ4v) is 3.18. The monoisotopic (exact) mass is 256 g/mol. The Morgan fingerprint density at radius 2 is 2.12 bits per heavy atom. The summed E-state index contributed by atoms with van der Waals surface area (Å²) in [5.74, 6) is 0.655. The molecule has 0 saturated carbocycles. The highest BCUT2D eigenvalue weighted by Gasteiger charge is 2.20. The van der Waals surface area contributed by atoms with Gasteiger partial charge in [-0.1, -0.05) is 13.8 Å². The molecule has 17 heavy (non-hydrogen) atoms. The summed E-state index contributed by atoms with van der Waals surface area (Å²) in [4.78, 5) is 2.38. The van der Waals surface area contributed by atoms with E-state index in [0.29, 0.717) is 12.5 Å². The molecule has 0 fully saturated rings. The van der Waals surface area contributed by atoms with E-state index in [1.807, 2.05) is 13.1 Å². The Hall–Kier alpha value is -0.420. The van der Waals surface area contributed by atoms with E-state index in [2.05, 4.69) is 25.2 Å². The van der Waals surface area contributed by atoms with Gasteiger partial charge >= 0.3 is 0 Å². The van der Waals surface area contributed by atoms with Crippen molar-refractivity contribution in [2.75, 3.05) is 13.6 Å². The van der Waals surface area contributed by atoms with Gasteiger partial charge < -0.3 is 16.2 Å². The normalized spacial score (nSPS) is 15.2. The standard InChI is InChI=1S/C13H24N2OS/c1-9(2)8-10-4-5-12(17-10)13(16)11(15-3)6-7-14/h4-5,9,11,13,15-16H,6-8,14H2,1-3H3. The van der Waals surface area contributed by atoms with Crippen LogP contribution < -0.4 is 11.1 Å². The molecule has 0 aromatic carbocycles. The summed E-state index contributed by atoms with van der Waals surface area (Å²) in [5, 5.41) is 13.4. The predicted molar refractivity (Wildman–Crippen MR) is 74.3 cm³/mol. The van der Waals surface area contributed by atoms with Crippen molar-refractivity contribution in [3.63, 3.8) is 0 Å². The van der Waals surface area contributed by atoms with Gasteiger partial charge in [0.25, 0.3) is 0 Å². The van der Waals surface area contributed by atoms with E-state index >= 15 is 0 Å². The molecule has 1 aromatic rings. The zero-order chi connectivity index (χ0) is 12.8. The number of aliphatic hydroxyl groups excluding tert-OH is 1. The van der Waals surface area contributed by atoms with Crippen LogP contribution in [0.2, 0.25) is 0 Å². The van der Waals surface area contributed by atoms with Gasteiger partial charge in [0.15, 0.2) is 0 Å². The third-order valence-electron chi connectivity index (χ3n) is 2.81. The minimum Gasteiger partial charge on any atom is -0.386 e. The first-order chi connectivity index (χ1) is 8.08. The van der Waals surface area contributed by atoms with Crippen molar-refractivity contribution in [1.29, 1.82) is 0 Å². The van der Waals surface area contributed by atoms with Gasteiger partial charge in [0.2, 0.25) is 0 Å². The van der Waals surface area contributed by atoms with E-state index in [4.69, 9.17) is 5.73 Å². The number of hydrogen-bond donors (Lipinski definition) is 3. The first-order valence-electron chi connectivity index (χ1n) is 6.22. The Balaban J connectivity index is 2.67. The third kappa shape index (κ3) is 4.39. The number of rotatable bonds is 7. The Morgan fingerprint density at radius 1 is 1.41 bits per heavy atom. The number of thiophene rings is 1. The summed E-state index contributed by atoms with van der Waals surface area (Å²) in [6.45, 7) is 5.01.